The quantitative estimate of drug-likeness (QED) is 0.747. The fourth-order valence-corrected chi connectivity index (χ4v) is 1.78. The van der Waals surface area contributed by atoms with Crippen LogP contribution in [0.4, 0.5) is 0 Å². The number of nitrogens with zero attached hydrogens (tertiary/aromatic N) is 1. The number of hydrogen-bond acceptors (Lipinski definition) is 2. The summed E-state index contributed by atoms with van der Waals surface area (Å²) in [5.41, 5.74) is 0. The smallest absolute Gasteiger partial charge is 0.219 e. The Bertz CT molecular complexity index is 239. The Kier molecular flexibility index (Phi) is 6.77. The zero-order valence-electron chi connectivity index (χ0n) is 11.0. The summed E-state index contributed by atoms with van der Waals surface area (Å²) >= 11 is 0. The summed E-state index contributed by atoms with van der Waals surface area (Å²) in [6.07, 6.45) is 0.892. The first-order valence-corrected chi connectivity index (χ1v) is 5.89. The lowest BCUT2D eigenvalue weighted by Gasteiger charge is -2.27. The maximum Gasteiger partial charge on any atom is 0.219 e. The Morgan fingerprint density at radius 3 is 2.12 bits per heavy atom. The zero-order chi connectivity index (χ0) is 12.7. The van der Waals surface area contributed by atoms with E-state index in [2.05, 4.69) is 19.2 Å². The highest BCUT2D eigenvalue weighted by molar-refractivity contribution is 5.74. The molecule has 0 radical (unpaired) electrons. The third-order valence-electron chi connectivity index (χ3n) is 2.43. The Hall–Kier alpha value is -1.06. The van der Waals surface area contributed by atoms with E-state index in [0.29, 0.717) is 19.0 Å². The molecular weight excluding hydrogens is 204 g/mol. The van der Waals surface area contributed by atoms with E-state index in [-0.39, 0.29) is 17.9 Å². The largest absolute Gasteiger partial charge is 0.352 e. The zero-order valence-corrected chi connectivity index (χ0v) is 11.0. The first-order valence-electron chi connectivity index (χ1n) is 5.89. The minimum Gasteiger partial charge on any atom is -0.352 e. The Morgan fingerprint density at radius 1 is 1.25 bits per heavy atom. The molecule has 0 fully saturated rings. The minimum atomic E-state index is -0.0368. The first kappa shape index (κ1) is 14.9. The Morgan fingerprint density at radius 2 is 1.81 bits per heavy atom. The minimum absolute atomic E-state index is 0.0368. The molecule has 0 aromatic carbocycles. The molecule has 0 aromatic rings. The second kappa shape index (κ2) is 7.25. The molecule has 1 N–H and O–H groups in total. The summed E-state index contributed by atoms with van der Waals surface area (Å²) in [6.45, 7) is 10.5. The number of rotatable bonds is 6. The van der Waals surface area contributed by atoms with Gasteiger partial charge in [0.05, 0.1) is 0 Å². The first-order chi connectivity index (χ1) is 7.36. The van der Waals surface area contributed by atoms with Crippen molar-refractivity contribution in [3.63, 3.8) is 0 Å². The van der Waals surface area contributed by atoms with Gasteiger partial charge in [0, 0.05) is 33.0 Å². The number of amides is 2. The van der Waals surface area contributed by atoms with Crippen molar-refractivity contribution in [1.29, 1.82) is 0 Å². The molecule has 0 aromatic heterocycles. The lowest BCUT2D eigenvalue weighted by atomic mass is 10.0. The average Bonchev–Trinajstić information content (AvgIpc) is 2.11. The number of nitrogens with one attached hydrogen (secondary N) is 1. The van der Waals surface area contributed by atoms with E-state index in [1.807, 2.05) is 6.92 Å². The molecular formula is C12H24N2O2. The summed E-state index contributed by atoms with van der Waals surface area (Å²) in [7, 11) is 0. The van der Waals surface area contributed by atoms with Crippen LogP contribution in [-0.4, -0.2) is 35.8 Å². The summed E-state index contributed by atoms with van der Waals surface area (Å²) in [5, 5.41) is 2.90. The molecule has 0 bridgehead atoms. The number of carbonyl (C=O) groups is 2. The van der Waals surface area contributed by atoms with E-state index >= 15 is 0 Å². The average molecular weight is 228 g/mol. The van der Waals surface area contributed by atoms with Gasteiger partial charge in [-0.3, -0.25) is 9.59 Å². The van der Waals surface area contributed by atoms with Crippen molar-refractivity contribution in [2.24, 2.45) is 5.92 Å². The van der Waals surface area contributed by atoms with E-state index in [0.717, 1.165) is 6.42 Å². The molecule has 0 saturated heterocycles. The highest BCUT2D eigenvalue weighted by Crippen LogP contribution is 2.06. The van der Waals surface area contributed by atoms with Gasteiger partial charge in [0.2, 0.25) is 11.8 Å². The van der Waals surface area contributed by atoms with Crippen LogP contribution < -0.4 is 5.32 Å². The van der Waals surface area contributed by atoms with E-state index in [1.165, 1.54) is 6.92 Å². The van der Waals surface area contributed by atoms with E-state index in [9.17, 15) is 9.59 Å². The van der Waals surface area contributed by atoms with Crippen LogP contribution in [0.25, 0.3) is 0 Å². The van der Waals surface area contributed by atoms with Gasteiger partial charge in [-0.25, -0.2) is 0 Å². The van der Waals surface area contributed by atoms with Crippen molar-refractivity contribution in [1.82, 2.24) is 10.2 Å². The number of likely N-dealkylation sites (N-methyl/N-ethyl adjacent to an activating group) is 1. The summed E-state index contributed by atoms with van der Waals surface area (Å²) in [4.78, 5) is 24.1. The summed E-state index contributed by atoms with van der Waals surface area (Å²) in [6, 6.07) is 0.0568. The van der Waals surface area contributed by atoms with E-state index in [1.54, 1.807) is 11.8 Å². The monoisotopic (exact) mass is 228 g/mol. The van der Waals surface area contributed by atoms with Gasteiger partial charge in [-0.2, -0.15) is 0 Å². The maximum absolute atomic E-state index is 11.3. The fourth-order valence-electron chi connectivity index (χ4n) is 1.78. The molecule has 0 aliphatic carbocycles. The van der Waals surface area contributed by atoms with Gasteiger partial charge in [0.1, 0.15) is 0 Å². The van der Waals surface area contributed by atoms with Crippen molar-refractivity contribution in [3.05, 3.63) is 0 Å². The molecule has 0 unspecified atom stereocenters. The predicted octanol–water partition coefficient (Wildman–Crippen LogP) is 1.41. The second-order valence-electron chi connectivity index (χ2n) is 4.58. The molecule has 0 aliphatic rings. The third-order valence-corrected chi connectivity index (χ3v) is 2.43. The van der Waals surface area contributed by atoms with Crippen molar-refractivity contribution >= 4 is 11.8 Å². The Balaban J connectivity index is 4.38. The maximum atomic E-state index is 11.3. The molecule has 1 atom stereocenters. The molecule has 4 nitrogen and oxygen atoms in total. The summed E-state index contributed by atoms with van der Waals surface area (Å²) in [5.74, 6) is 0.523. The lowest BCUT2D eigenvalue weighted by Crippen LogP contribution is -2.45. The highest BCUT2D eigenvalue weighted by atomic mass is 16.2. The number of hydrogen-bond donors (Lipinski definition) is 1. The molecule has 0 saturated carbocycles. The van der Waals surface area contributed by atoms with Crippen molar-refractivity contribution in [3.8, 4) is 0 Å². The van der Waals surface area contributed by atoms with Crippen LogP contribution in [0.1, 0.15) is 41.0 Å². The van der Waals surface area contributed by atoms with E-state index < -0.39 is 0 Å². The molecule has 4 heteroatoms. The molecule has 2 amide bonds. The second-order valence-corrected chi connectivity index (χ2v) is 4.58. The molecule has 0 spiro atoms. The van der Waals surface area contributed by atoms with Crippen LogP contribution in [0.2, 0.25) is 0 Å². The SMILES string of the molecule is CCN(C[C@@H](CC(C)C)NC(C)=O)C(C)=O. The van der Waals surface area contributed by atoms with Gasteiger partial charge in [-0.15, -0.1) is 0 Å². The normalized spacial score (nSPS) is 12.4. The summed E-state index contributed by atoms with van der Waals surface area (Å²) < 4.78 is 0. The van der Waals surface area contributed by atoms with Gasteiger partial charge < -0.3 is 10.2 Å². The third kappa shape index (κ3) is 6.43. The number of carbonyl (C=O) groups excluding carboxylic acids is 2. The van der Waals surface area contributed by atoms with Crippen molar-refractivity contribution in [2.75, 3.05) is 13.1 Å². The van der Waals surface area contributed by atoms with Crippen LogP contribution in [0.15, 0.2) is 0 Å². The van der Waals surface area contributed by atoms with Crippen molar-refractivity contribution < 1.29 is 9.59 Å². The highest BCUT2D eigenvalue weighted by Gasteiger charge is 2.17. The van der Waals surface area contributed by atoms with Crippen LogP contribution in [0.3, 0.4) is 0 Å². The Labute approximate surface area is 98.4 Å². The predicted molar refractivity (Wildman–Crippen MR) is 65.0 cm³/mol. The van der Waals surface area contributed by atoms with Crippen LogP contribution >= 0.6 is 0 Å². The lowest BCUT2D eigenvalue weighted by molar-refractivity contribution is -0.130. The molecule has 94 valence electrons. The standard InChI is InChI=1S/C12H24N2O2/c1-6-14(11(5)16)8-12(7-9(2)3)13-10(4)15/h9,12H,6-8H2,1-5H3,(H,13,15)/t12-/m1/s1. The van der Waals surface area contributed by atoms with Gasteiger partial charge in [0.25, 0.3) is 0 Å². The van der Waals surface area contributed by atoms with Gasteiger partial charge in [-0.05, 0) is 19.3 Å². The molecule has 0 heterocycles. The topological polar surface area (TPSA) is 49.4 Å². The fraction of sp³-hybridized carbons (Fsp3) is 0.833. The molecule has 16 heavy (non-hydrogen) atoms. The van der Waals surface area contributed by atoms with Crippen LogP contribution in [0, 0.1) is 5.92 Å². The van der Waals surface area contributed by atoms with Crippen molar-refractivity contribution in [2.45, 2.75) is 47.1 Å². The van der Waals surface area contributed by atoms with Gasteiger partial charge >= 0.3 is 0 Å². The molecule has 0 rings (SSSR count). The van der Waals surface area contributed by atoms with Gasteiger partial charge in [0.15, 0.2) is 0 Å². The van der Waals surface area contributed by atoms with Crippen LogP contribution in [-0.2, 0) is 9.59 Å². The molecule has 0 aliphatic heterocycles. The van der Waals surface area contributed by atoms with E-state index in [4.69, 9.17) is 0 Å². The van der Waals surface area contributed by atoms with Gasteiger partial charge in [-0.1, -0.05) is 13.8 Å². The van der Waals surface area contributed by atoms with Crippen LogP contribution in [0.5, 0.6) is 0 Å².